The van der Waals surface area contributed by atoms with E-state index < -0.39 is 111 Å². The number of nitrogens with one attached hydrogen (secondary N) is 2. The van der Waals surface area contributed by atoms with Crippen LogP contribution < -0.4 is 11.0 Å². The number of carbonyl (C=O) groups is 2. The maximum atomic E-state index is 14.7. The summed E-state index contributed by atoms with van der Waals surface area (Å²) in [4.78, 5) is 46.8. The maximum absolute atomic E-state index is 14.7. The van der Waals surface area contributed by atoms with Crippen LogP contribution in [0.4, 0.5) is 26.7 Å². The van der Waals surface area contributed by atoms with E-state index in [4.69, 9.17) is 8.22 Å². The molecule has 0 bridgehead atoms. The second-order valence-electron chi connectivity index (χ2n) is 9.30. The number of rotatable bonds is 4. The molecular weight excluding hydrogens is 539 g/mol. The van der Waals surface area contributed by atoms with Gasteiger partial charge in [0.15, 0.2) is 17.3 Å². The lowest BCUT2D eigenvalue weighted by atomic mass is 9.93. The van der Waals surface area contributed by atoms with E-state index in [9.17, 15) is 36.3 Å². The molecule has 2 aliphatic rings. The molecule has 14 heteroatoms. The number of amides is 3. The summed E-state index contributed by atoms with van der Waals surface area (Å²) in [6, 6.07) is 0.299. The van der Waals surface area contributed by atoms with Crippen molar-refractivity contribution in [1.82, 2.24) is 29.7 Å². The van der Waals surface area contributed by atoms with E-state index >= 15 is 0 Å². The summed E-state index contributed by atoms with van der Waals surface area (Å²) in [5, 5.41) is 2.02. The Morgan fingerprint density at radius 3 is 2.60 bits per heavy atom. The topological polar surface area (TPSA) is 103 Å². The van der Waals surface area contributed by atoms with Crippen molar-refractivity contribution in [1.29, 1.82) is 0 Å². The van der Waals surface area contributed by atoms with Crippen LogP contribution in [0.5, 0.6) is 0 Å². The Bertz CT molecular complexity index is 1720. The minimum absolute atomic E-state index is 0.0632. The number of fused-ring (bicyclic) bond motifs is 1. The summed E-state index contributed by atoms with van der Waals surface area (Å²) in [6.45, 7) is -4.49. The normalized spacial score (nSPS) is 27.1. The van der Waals surface area contributed by atoms with Crippen molar-refractivity contribution < 1.29 is 39.8 Å². The lowest BCUT2D eigenvalue weighted by molar-refractivity contribution is -0.162. The SMILES string of the molecule is [2H]C1([2H])CN(C(=O)N[C@H]2C(=O)N(CC(F)(F)F)C[C@H](c3cccc(F)c3F)CC2([2H])[2H])CC([2H])([2H])C1n1c(=O)[nH]c2ncccc21. The van der Waals surface area contributed by atoms with Crippen LogP contribution >= 0.6 is 0 Å². The Morgan fingerprint density at radius 1 is 1.12 bits per heavy atom. The standard InChI is InChI=1S/C26H27F5N6O3/c27-18-4-1-3-17(21(18)28)15-6-7-19(23(38)36(13-15)14-26(29,30)31)33-24(39)35-11-8-16(9-12-35)37-20-5-2-10-32-22(20)34-25(37)40/h1-5,10,15-16,19H,6-9,11-14H2,(H,33,39)(H,32,34,40)/t15-,19-/m1/s1/i7D2,8D2,9D2. The molecule has 2 aromatic heterocycles. The molecule has 0 saturated carbocycles. The van der Waals surface area contributed by atoms with Gasteiger partial charge >= 0.3 is 17.9 Å². The van der Waals surface area contributed by atoms with Crippen molar-refractivity contribution in [3.05, 3.63) is 64.2 Å². The van der Waals surface area contributed by atoms with E-state index in [-0.39, 0.29) is 16.1 Å². The Kier molecular flexibility index (Phi) is 5.68. The molecule has 3 aromatic rings. The first-order valence-corrected chi connectivity index (χ1v) is 12.1. The van der Waals surface area contributed by atoms with Crippen molar-refractivity contribution in [3.8, 4) is 0 Å². The molecule has 5 rings (SSSR count). The smallest absolute Gasteiger partial charge is 0.331 e. The number of urea groups is 1. The quantitative estimate of drug-likeness (QED) is 0.466. The zero-order valence-corrected chi connectivity index (χ0v) is 20.6. The molecule has 3 amide bonds. The molecule has 0 unspecified atom stereocenters. The lowest BCUT2D eigenvalue weighted by Gasteiger charge is -2.34. The van der Waals surface area contributed by atoms with Gasteiger partial charge in [-0.15, -0.1) is 0 Å². The number of hydrogen-bond acceptors (Lipinski definition) is 4. The predicted molar refractivity (Wildman–Crippen MR) is 133 cm³/mol. The largest absolute Gasteiger partial charge is 0.406 e. The Morgan fingerprint density at radius 2 is 1.88 bits per heavy atom. The van der Waals surface area contributed by atoms with Crippen molar-refractivity contribution >= 4 is 23.1 Å². The van der Waals surface area contributed by atoms with E-state index in [1.54, 1.807) is 0 Å². The summed E-state index contributed by atoms with van der Waals surface area (Å²) in [5.74, 6) is -5.74. The van der Waals surface area contributed by atoms with Crippen LogP contribution in [0, 0.1) is 11.6 Å². The molecule has 2 N–H and O–H groups in total. The van der Waals surface area contributed by atoms with Gasteiger partial charge < -0.3 is 15.1 Å². The fourth-order valence-electron chi connectivity index (χ4n) is 4.74. The average Bonchev–Trinajstić information content (AvgIpc) is 3.20. The first kappa shape index (κ1) is 20.9. The molecule has 9 nitrogen and oxygen atoms in total. The number of halogens is 5. The van der Waals surface area contributed by atoms with Gasteiger partial charge in [-0.2, -0.15) is 13.2 Å². The van der Waals surface area contributed by atoms with Crippen LogP contribution in [-0.4, -0.2) is 74.7 Å². The highest BCUT2D eigenvalue weighted by atomic mass is 19.4. The second-order valence-corrected chi connectivity index (χ2v) is 9.30. The summed E-state index contributed by atoms with van der Waals surface area (Å²) in [5.41, 5.74) is -1.18. The number of alkyl halides is 3. The fourth-order valence-corrected chi connectivity index (χ4v) is 4.74. The van der Waals surface area contributed by atoms with Gasteiger partial charge in [0.2, 0.25) is 5.91 Å². The van der Waals surface area contributed by atoms with E-state index in [1.807, 2.05) is 5.32 Å². The number of nitrogens with zero attached hydrogens (tertiary/aromatic N) is 4. The lowest BCUT2D eigenvalue weighted by Crippen LogP contribution is -2.54. The van der Waals surface area contributed by atoms with Gasteiger partial charge in [-0.25, -0.2) is 23.4 Å². The molecule has 0 radical (unpaired) electrons. The number of aromatic amines is 1. The number of imidazole rings is 1. The third-order valence-corrected chi connectivity index (χ3v) is 6.61. The zero-order valence-electron chi connectivity index (χ0n) is 26.6. The molecular formula is C26H27F5N6O3. The van der Waals surface area contributed by atoms with E-state index in [0.29, 0.717) is 4.90 Å². The molecule has 0 spiro atoms. The van der Waals surface area contributed by atoms with Crippen molar-refractivity contribution in [2.75, 3.05) is 26.2 Å². The van der Waals surface area contributed by atoms with Crippen LogP contribution in [0.1, 0.15) is 51.3 Å². The molecule has 214 valence electrons. The first-order chi connectivity index (χ1) is 21.2. The second kappa shape index (κ2) is 10.9. The zero-order chi connectivity index (χ0) is 34.0. The number of aromatic nitrogens is 3. The molecule has 1 aromatic carbocycles. The highest BCUT2D eigenvalue weighted by Gasteiger charge is 2.40. The van der Waals surface area contributed by atoms with Gasteiger partial charge in [-0.05, 0) is 49.3 Å². The Labute approximate surface area is 233 Å². The molecule has 40 heavy (non-hydrogen) atoms. The van der Waals surface area contributed by atoms with Crippen LogP contribution in [0.3, 0.4) is 0 Å². The summed E-state index contributed by atoms with van der Waals surface area (Å²) in [7, 11) is 0. The van der Waals surface area contributed by atoms with Crippen molar-refractivity contribution in [2.45, 2.75) is 49.7 Å². The number of piperidine rings is 1. The molecule has 0 aliphatic carbocycles. The number of carbonyl (C=O) groups excluding carboxylic acids is 2. The highest BCUT2D eigenvalue weighted by Crippen LogP contribution is 2.32. The van der Waals surface area contributed by atoms with Gasteiger partial charge in [0.25, 0.3) is 0 Å². The highest BCUT2D eigenvalue weighted by molar-refractivity contribution is 5.87. The van der Waals surface area contributed by atoms with Gasteiger partial charge in [0.05, 0.1) is 5.52 Å². The Hall–Kier alpha value is -3.97. The van der Waals surface area contributed by atoms with Gasteiger partial charge in [-0.3, -0.25) is 14.3 Å². The van der Waals surface area contributed by atoms with E-state index in [1.165, 1.54) is 18.3 Å². The predicted octanol–water partition coefficient (Wildman–Crippen LogP) is 3.69. The monoisotopic (exact) mass is 572 g/mol. The van der Waals surface area contributed by atoms with Crippen LogP contribution in [0.25, 0.3) is 11.2 Å². The van der Waals surface area contributed by atoms with Crippen LogP contribution in [0.2, 0.25) is 0 Å². The van der Waals surface area contributed by atoms with Crippen LogP contribution in [-0.2, 0) is 4.79 Å². The number of hydrogen-bond donors (Lipinski definition) is 2. The first-order valence-electron chi connectivity index (χ1n) is 15.1. The molecule has 2 fully saturated rings. The minimum Gasteiger partial charge on any atom is -0.331 e. The maximum Gasteiger partial charge on any atom is 0.406 e. The third kappa shape index (κ3) is 5.65. The molecule has 2 aliphatic heterocycles. The average molecular weight is 573 g/mol. The van der Waals surface area contributed by atoms with Gasteiger partial charge in [0, 0.05) is 46.0 Å². The van der Waals surface area contributed by atoms with Gasteiger partial charge in [-0.1, -0.05) is 12.1 Å². The Balaban J connectivity index is 1.45. The summed E-state index contributed by atoms with van der Waals surface area (Å²) < 4.78 is 122. The fraction of sp³-hybridized carbons (Fsp3) is 0.462. The molecule has 2 saturated heterocycles. The molecule has 4 heterocycles. The van der Waals surface area contributed by atoms with E-state index in [0.717, 1.165) is 22.8 Å². The summed E-state index contributed by atoms with van der Waals surface area (Å²) >= 11 is 0. The van der Waals surface area contributed by atoms with Crippen LogP contribution in [0.15, 0.2) is 41.3 Å². The molecule has 2 atom stereocenters. The number of likely N-dealkylation sites (tertiary alicyclic amines) is 2. The summed E-state index contributed by atoms with van der Waals surface area (Å²) in [6.07, 6.45) is -12.6. The number of H-pyrrole nitrogens is 1. The van der Waals surface area contributed by atoms with Crippen molar-refractivity contribution in [3.63, 3.8) is 0 Å². The van der Waals surface area contributed by atoms with E-state index in [2.05, 4.69) is 9.97 Å². The third-order valence-electron chi connectivity index (χ3n) is 6.61. The van der Waals surface area contributed by atoms with Gasteiger partial charge in [0.1, 0.15) is 12.6 Å². The number of benzene rings is 1. The van der Waals surface area contributed by atoms with Crippen molar-refractivity contribution in [2.24, 2.45) is 0 Å². The minimum atomic E-state index is -4.99. The number of pyridine rings is 1.